The summed E-state index contributed by atoms with van der Waals surface area (Å²) in [6.07, 6.45) is 3.30. The van der Waals surface area contributed by atoms with Gasteiger partial charge in [0.05, 0.1) is 18.4 Å². The van der Waals surface area contributed by atoms with Crippen LogP contribution in [-0.2, 0) is 16.1 Å². The van der Waals surface area contributed by atoms with Crippen molar-refractivity contribution < 1.29 is 24.6 Å². The molecule has 186 valence electrons. The van der Waals surface area contributed by atoms with Gasteiger partial charge in [-0.2, -0.15) is 0 Å². The summed E-state index contributed by atoms with van der Waals surface area (Å²) in [6.45, 7) is 0.00541. The van der Waals surface area contributed by atoms with Crippen molar-refractivity contribution in [1.29, 1.82) is 0 Å². The maximum absolute atomic E-state index is 13.1. The van der Waals surface area contributed by atoms with Gasteiger partial charge in [0.1, 0.15) is 5.78 Å². The fourth-order valence-corrected chi connectivity index (χ4v) is 5.80. The largest absolute Gasteiger partial charge is 0.481 e. The van der Waals surface area contributed by atoms with Crippen molar-refractivity contribution in [2.75, 3.05) is 17.2 Å². The number of aliphatic carboxylic acids is 1. The van der Waals surface area contributed by atoms with Crippen molar-refractivity contribution in [1.82, 2.24) is 0 Å². The molecule has 4 unspecified atom stereocenters. The second-order valence-electron chi connectivity index (χ2n) is 9.89. The van der Waals surface area contributed by atoms with Crippen LogP contribution in [0.4, 0.5) is 16.2 Å². The van der Waals surface area contributed by atoms with E-state index in [1.54, 1.807) is 6.07 Å². The Morgan fingerprint density at radius 3 is 2.46 bits per heavy atom. The van der Waals surface area contributed by atoms with E-state index in [1.807, 2.05) is 42.5 Å². The highest BCUT2D eigenvalue weighted by Crippen LogP contribution is 2.50. The number of hydrogen-bond donors (Lipinski definition) is 5. The molecule has 6 N–H and O–H groups in total. The number of carbonyl (C=O) groups excluding carboxylic acids is 2. The first-order chi connectivity index (χ1) is 16.8. The lowest BCUT2D eigenvalue weighted by Crippen LogP contribution is -2.48. The summed E-state index contributed by atoms with van der Waals surface area (Å²) in [5, 5.41) is 24.7. The number of carboxylic acids is 1. The van der Waals surface area contributed by atoms with Gasteiger partial charge in [0.2, 0.25) is 0 Å². The Bertz CT molecular complexity index is 1090. The summed E-state index contributed by atoms with van der Waals surface area (Å²) in [6, 6.07) is 14.9. The smallest absolute Gasteiger partial charge is 0.323 e. The van der Waals surface area contributed by atoms with Crippen LogP contribution in [-0.4, -0.2) is 34.6 Å². The molecule has 35 heavy (non-hydrogen) atoms. The molecule has 8 heteroatoms. The lowest BCUT2D eigenvalue weighted by Gasteiger charge is -2.45. The number of aliphatic hydroxyl groups is 1. The third-order valence-corrected chi connectivity index (χ3v) is 7.69. The van der Waals surface area contributed by atoms with Crippen molar-refractivity contribution in [2.24, 2.45) is 23.0 Å². The molecule has 0 bridgehead atoms. The third kappa shape index (κ3) is 5.55. The van der Waals surface area contributed by atoms with E-state index in [1.165, 1.54) is 5.56 Å². The van der Waals surface area contributed by atoms with Crippen molar-refractivity contribution in [3.05, 3.63) is 59.7 Å². The van der Waals surface area contributed by atoms with E-state index in [0.717, 1.165) is 24.8 Å². The molecule has 2 aliphatic carbocycles. The Labute approximate surface area is 204 Å². The number of benzene rings is 2. The zero-order valence-electron chi connectivity index (χ0n) is 19.7. The lowest BCUT2D eigenvalue weighted by molar-refractivity contribution is -0.154. The second kappa shape index (κ2) is 10.6. The fourth-order valence-electron chi connectivity index (χ4n) is 5.80. The number of hydrogen-bond acceptors (Lipinski definition) is 5. The van der Waals surface area contributed by atoms with E-state index in [2.05, 4.69) is 10.6 Å². The Balaban J connectivity index is 1.35. The van der Waals surface area contributed by atoms with Crippen LogP contribution >= 0.6 is 0 Å². The van der Waals surface area contributed by atoms with Crippen LogP contribution in [0, 0.1) is 17.3 Å². The zero-order chi connectivity index (χ0) is 25.0. The van der Waals surface area contributed by atoms with E-state index in [-0.39, 0.29) is 30.1 Å². The van der Waals surface area contributed by atoms with Crippen LogP contribution in [0.15, 0.2) is 48.5 Å². The summed E-state index contributed by atoms with van der Waals surface area (Å²) < 4.78 is 0. The van der Waals surface area contributed by atoms with Gasteiger partial charge in [-0.25, -0.2) is 4.79 Å². The molecule has 0 saturated heterocycles. The molecule has 2 aromatic carbocycles. The minimum atomic E-state index is -1.13. The number of amides is 2. The molecule has 8 nitrogen and oxygen atoms in total. The predicted octanol–water partition coefficient (Wildman–Crippen LogP) is 4.11. The quantitative estimate of drug-likeness (QED) is 0.405. The molecule has 4 rings (SSSR count). The number of fused-ring (bicyclic) bond motifs is 1. The number of anilines is 2. The van der Waals surface area contributed by atoms with Crippen molar-refractivity contribution in [3.63, 3.8) is 0 Å². The van der Waals surface area contributed by atoms with Crippen LogP contribution < -0.4 is 16.4 Å². The third-order valence-electron chi connectivity index (χ3n) is 7.69. The molecule has 0 aromatic heterocycles. The molecular formula is C27H33N3O5. The Hall–Kier alpha value is -3.23. The minimum Gasteiger partial charge on any atom is -0.481 e. The summed E-state index contributed by atoms with van der Waals surface area (Å²) in [5.41, 5.74) is 7.99. The SMILES string of the molecule is NCc1cccc(NC(=O)Nc2ccc(C3CCC4C(=O)C(CO)(CC(=O)O)CCC4C3)cc2)c1. The normalized spacial score (nSPS) is 26.0. The molecule has 0 spiro atoms. The molecule has 0 aliphatic heterocycles. The van der Waals surface area contributed by atoms with Gasteiger partial charge in [-0.05, 0) is 79.3 Å². The number of urea groups is 1. The average Bonchev–Trinajstić information content (AvgIpc) is 2.86. The molecule has 0 radical (unpaired) electrons. The predicted molar refractivity (Wildman–Crippen MR) is 133 cm³/mol. The molecule has 4 atom stereocenters. The van der Waals surface area contributed by atoms with Gasteiger partial charge in [0, 0.05) is 23.8 Å². The fraction of sp³-hybridized carbons (Fsp3) is 0.444. The number of rotatable bonds is 7. The van der Waals surface area contributed by atoms with Crippen molar-refractivity contribution in [2.45, 2.75) is 51.0 Å². The van der Waals surface area contributed by atoms with Gasteiger partial charge in [-0.3, -0.25) is 9.59 Å². The van der Waals surface area contributed by atoms with Gasteiger partial charge < -0.3 is 26.6 Å². The maximum Gasteiger partial charge on any atom is 0.323 e. The molecular weight excluding hydrogens is 446 g/mol. The molecule has 2 amide bonds. The van der Waals surface area contributed by atoms with E-state index < -0.39 is 18.0 Å². The monoisotopic (exact) mass is 479 g/mol. The second-order valence-corrected chi connectivity index (χ2v) is 9.89. The summed E-state index contributed by atoms with van der Waals surface area (Å²) in [4.78, 5) is 36.8. The molecule has 2 aromatic rings. The van der Waals surface area contributed by atoms with Crippen LogP contribution in [0.2, 0.25) is 0 Å². The standard InChI is InChI=1S/C27H33N3O5/c28-15-17-2-1-3-22(12-17)30-26(35)29-21-7-4-18(5-8-21)19-6-9-23-20(13-19)10-11-27(16-31,25(23)34)14-24(32)33/h1-5,7-8,12,19-20,23,31H,6,9-11,13-16,28H2,(H,32,33)(H2,29,30,35). The summed E-state index contributed by atoms with van der Waals surface area (Å²) >= 11 is 0. The summed E-state index contributed by atoms with van der Waals surface area (Å²) in [5.74, 6) is -0.755. The Morgan fingerprint density at radius 2 is 1.77 bits per heavy atom. The molecule has 2 saturated carbocycles. The van der Waals surface area contributed by atoms with E-state index in [9.17, 15) is 24.6 Å². The Morgan fingerprint density at radius 1 is 1.03 bits per heavy atom. The zero-order valence-corrected chi connectivity index (χ0v) is 19.7. The number of carbonyl (C=O) groups is 3. The number of nitrogens with two attached hydrogens (primary N) is 1. The molecule has 2 aliphatic rings. The van der Waals surface area contributed by atoms with Gasteiger partial charge in [0.15, 0.2) is 0 Å². The number of aliphatic hydroxyl groups excluding tert-OH is 1. The number of carboxylic acid groups (broad SMARTS) is 1. The van der Waals surface area contributed by atoms with E-state index in [0.29, 0.717) is 36.7 Å². The number of ketones is 1. The highest BCUT2D eigenvalue weighted by atomic mass is 16.4. The first kappa shape index (κ1) is 24.9. The van der Waals surface area contributed by atoms with Gasteiger partial charge in [-0.15, -0.1) is 0 Å². The van der Waals surface area contributed by atoms with Gasteiger partial charge in [0.25, 0.3) is 0 Å². The van der Waals surface area contributed by atoms with E-state index >= 15 is 0 Å². The first-order valence-corrected chi connectivity index (χ1v) is 12.2. The summed E-state index contributed by atoms with van der Waals surface area (Å²) in [7, 11) is 0. The maximum atomic E-state index is 13.1. The van der Waals surface area contributed by atoms with Crippen molar-refractivity contribution >= 4 is 29.2 Å². The van der Waals surface area contributed by atoms with E-state index in [4.69, 9.17) is 5.73 Å². The van der Waals surface area contributed by atoms with Crippen LogP contribution in [0.1, 0.15) is 55.6 Å². The van der Waals surface area contributed by atoms with Gasteiger partial charge >= 0.3 is 12.0 Å². The van der Waals surface area contributed by atoms with Gasteiger partial charge in [-0.1, -0.05) is 24.3 Å². The van der Waals surface area contributed by atoms with Crippen molar-refractivity contribution in [3.8, 4) is 0 Å². The van der Waals surface area contributed by atoms with Crippen LogP contribution in [0.25, 0.3) is 0 Å². The highest BCUT2D eigenvalue weighted by molar-refractivity contribution is 5.99. The number of nitrogens with one attached hydrogen (secondary N) is 2. The topological polar surface area (TPSA) is 142 Å². The molecule has 2 fully saturated rings. The minimum absolute atomic E-state index is 0.0698. The lowest BCUT2D eigenvalue weighted by atomic mass is 9.57. The number of Topliss-reactive ketones (excluding diaryl/α,β-unsaturated/α-hetero) is 1. The molecule has 0 heterocycles. The first-order valence-electron chi connectivity index (χ1n) is 12.2. The van der Waals surface area contributed by atoms with Crippen LogP contribution in [0.5, 0.6) is 0 Å². The average molecular weight is 480 g/mol. The van der Waals surface area contributed by atoms with Crippen LogP contribution in [0.3, 0.4) is 0 Å². The highest BCUT2D eigenvalue weighted by Gasteiger charge is 2.50. The Kier molecular flexibility index (Phi) is 7.52.